The van der Waals surface area contributed by atoms with Crippen molar-refractivity contribution in [2.45, 2.75) is 28.8 Å². The standard InChI is InChI=1S/C27H23N5O4S2/c1-19(30-38(35,36)25-13-7-11-21-10-5-6-12-24(21)25)26-28-29-27(37-18-20-8-3-2-4-9-20)31(26)22-14-16-23(17-15-22)32(33)34/h2-17,19,30H,18H2,1H3. The summed E-state index contributed by atoms with van der Waals surface area (Å²) < 4.78 is 31.4. The number of benzene rings is 4. The smallest absolute Gasteiger partial charge is 0.269 e. The first kappa shape index (κ1) is 25.6. The fraction of sp³-hybridized carbons (Fsp3) is 0.111. The summed E-state index contributed by atoms with van der Waals surface area (Å²) in [5.41, 5.74) is 1.62. The van der Waals surface area contributed by atoms with Crippen molar-refractivity contribution in [3.63, 3.8) is 0 Å². The van der Waals surface area contributed by atoms with Crippen LogP contribution in [0.15, 0.2) is 107 Å². The quantitative estimate of drug-likeness (QED) is 0.144. The summed E-state index contributed by atoms with van der Waals surface area (Å²) >= 11 is 1.44. The fourth-order valence-electron chi connectivity index (χ4n) is 4.12. The average molecular weight is 546 g/mol. The molecule has 0 amide bonds. The Morgan fingerprint density at radius 3 is 2.34 bits per heavy atom. The number of hydrogen-bond acceptors (Lipinski definition) is 7. The predicted octanol–water partition coefficient (Wildman–Crippen LogP) is 5.66. The number of nitro groups is 1. The Bertz CT molecular complexity index is 1700. The molecule has 4 aromatic carbocycles. The van der Waals surface area contributed by atoms with Gasteiger partial charge >= 0.3 is 0 Å². The number of nitrogens with one attached hydrogen (secondary N) is 1. The van der Waals surface area contributed by atoms with Crippen molar-refractivity contribution in [1.29, 1.82) is 0 Å². The van der Waals surface area contributed by atoms with Crippen LogP contribution in [0.1, 0.15) is 24.4 Å². The zero-order valence-electron chi connectivity index (χ0n) is 20.3. The van der Waals surface area contributed by atoms with E-state index in [-0.39, 0.29) is 10.6 Å². The van der Waals surface area contributed by atoms with Gasteiger partial charge in [-0.3, -0.25) is 14.7 Å². The van der Waals surface area contributed by atoms with Crippen LogP contribution in [-0.4, -0.2) is 28.1 Å². The van der Waals surface area contributed by atoms with Gasteiger partial charge in [0.05, 0.1) is 15.9 Å². The second-order valence-electron chi connectivity index (χ2n) is 8.54. The molecule has 0 spiro atoms. The molecule has 1 N–H and O–H groups in total. The van der Waals surface area contributed by atoms with Crippen molar-refractivity contribution >= 4 is 38.2 Å². The van der Waals surface area contributed by atoms with E-state index in [0.717, 1.165) is 10.9 Å². The van der Waals surface area contributed by atoms with E-state index in [4.69, 9.17) is 0 Å². The SMILES string of the molecule is CC(NS(=O)(=O)c1cccc2ccccc12)c1nnc(SCc2ccccc2)n1-c1ccc([N+](=O)[O-])cc1. The second-order valence-corrected chi connectivity index (χ2v) is 11.2. The number of rotatable bonds is 9. The number of nitrogens with zero attached hydrogens (tertiary/aromatic N) is 4. The van der Waals surface area contributed by atoms with E-state index < -0.39 is 21.0 Å². The molecule has 9 nitrogen and oxygen atoms in total. The van der Waals surface area contributed by atoms with Gasteiger partial charge in [-0.25, -0.2) is 13.1 Å². The second kappa shape index (κ2) is 10.7. The lowest BCUT2D eigenvalue weighted by molar-refractivity contribution is -0.384. The summed E-state index contributed by atoms with van der Waals surface area (Å²) in [5.74, 6) is 0.973. The summed E-state index contributed by atoms with van der Waals surface area (Å²) in [7, 11) is -3.92. The van der Waals surface area contributed by atoms with Crippen LogP contribution in [0.25, 0.3) is 16.5 Å². The Morgan fingerprint density at radius 2 is 1.61 bits per heavy atom. The van der Waals surface area contributed by atoms with Crippen molar-refractivity contribution in [3.8, 4) is 5.69 Å². The molecule has 0 fully saturated rings. The first-order valence-electron chi connectivity index (χ1n) is 11.7. The van der Waals surface area contributed by atoms with Gasteiger partial charge in [-0.05, 0) is 36.1 Å². The minimum atomic E-state index is -3.92. The molecule has 5 rings (SSSR count). The molecule has 1 unspecified atom stereocenters. The van der Waals surface area contributed by atoms with Crippen LogP contribution >= 0.6 is 11.8 Å². The van der Waals surface area contributed by atoms with Gasteiger partial charge in [0.2, 0.25) is 10.0 Å². The minimum Gasteiger partial charge on any atom is -0.273 e. The number of sulfonamides is 1. The summed E-state index contributed by atoms with van der Waals surface area (Å²) in [6.45, 7) is 1.69. The molecule has 11 heteroatoms. The van der Waals surface area contributed by atoms with E-state index in [2.05, 4.69) is 14.9 Å². The molecule has 0 aliphatic heterocycles. The lowest BCUT2D eigenvalue weighted by atomic mass is 10.1. The third-order valence-electron chi connectivity index (χ3n) is 5.95. The van der Waals surface area contributed by atoms with Gasteiger partial charge in [0.1, 0.15) is 0 Å². The highest BCUT2D eigenvalue weighted by atomic mass is 32.2. The van der Waals surface area contributed by atoms with Crippen molar-refractivity contribution in [1.82, 2.24) is 19.5 Å². The third kappa shape index (κ3) is 5.30. The zero-order valence-corrected chi connectivity index (χ0v) is 21.9. The Kier molecular flexibility index (Phi) is 7.23. The molecule has 0 aliphatic carbocycles. The highest BCUT2D eigenvalue weighted by Crippen LogP contribution is 2.30. The first-order chi connectivity index (χ1) is 18.3. The Morgan fingerprint density at radius 1 is 0.921 bits per heavy atom. The normalized spacial score (nSPS) is 12.4. The topological polar surface area (TPSA) is 120 Å². The summed E-state index contributed by atoms with van der Waals surface area (Å²) in [5, 5.41) is 21.8. The number of thioether (sulfide) groups is 1. The molecule has 192 valence electrons. The van der Waals surface area contributed by atoms with Crippen molar-refractivity contribution in [3.05, 3.63) is 119 Å². The molecular weight excluding hydrogens is 522 g/mol. The molecule has 0 saturated heterocycles. The van der Waals surface area contributed by atoms with Gasteiger partial charge in [-0.1, -0.05) is 78.5 Å². The Balaban J connectivity index is 1.50. The van der Waals surface area contributed by atoms with Crippen LogP contribution in [0.2, 0.25) is 0 Å². The first-order valence-corrected chi connectivity index (χ1v) is 14.2. The van der Waals surface area contributed by atoms with Crippen LogP contribution in [0.4, 0.5) is 5.69 Å². The number of hydrogen-bond donors (Lipinski definition) is 1. The van der Waals surface area contributed by atoms with Crippen molar-refractivity contribution in [2.75, 3.05) is 0 Å². The average Bonchev–Trinajstić information content (AvgIpc) is 3.36. The van der Waals surface area contributed by atoms with Gasteiger partial charge in [0.25, 0.3) is 5.69 Å². The molecule has 1 heterocycles. The molecule has 5 aromatic rings. The third-order valence-corrected chi connectivity index (χ3v) is 8.55. The largest absolute Gasteiger partial charge is 0.273 e. The molecule has 0 radical (unpaired) electrons. The monoisotopic (exact) mass is 545 g/mol. The van der Waals surface area contributed by atoms with Crippen LogP contribution in [0, 0.1) is 10.1 Å². The highest BCUT2D eigenvalue weighted by Gasteiger charge is 2.26. The fourth-order valence-corrected chi connectivity index (χ4v) is 6.47. The van der Waals surface area contributed by atoms with Gasteiger partial charge in [-0.15, -0.1) is 10.2 Å². The summed E-state index contributed by atoms with van der Waals surface area (Å²) in [6, 6.07) is 27.5. The molecule has 1 atom stereocenters. The van der Waals surface area contributed by atoms with Crippen LogP contribution < -0.4 is 4.72 Å². The van der Waals surface area contributed by atoms with Crippen LogP contribution in [-0.2, 0) is 15.8 Å². The minimum absolute atomic E-state index is 0.0495. The maximum absolute atomic E-state index is 13.5. The molecule has 0 saturated carbocycles. The molecule has 1 aromatic heterocycles. The summed E-state index contributed by atoms with van der Waals surface area (Å²) in [6.07, 6.45) is 0. The summed E-state index contributed by atoms with van der Waals surface area (Å²) in [4.78, 5) is 10.9. The van der Waals surface area contributed by atoms with Gasteiger partial charge in [-0.2, -0.15) is 0 Å². The Labute approximate surface area is 223 Å². The maximum atomic E-state index is 13.5. The van der Waals surface area contributed by atoms with Crippen molar-refractivity contribution < 1.29 is 13.3 Å². The van der Waals surface area contributed by atoms with Crippen molar-refractivity contribution in [2.24, 2.45) is 0 Å². The zero-order chi connectivity index (χ0) is 26.7. The lowest BCUT2D eigenvalue weighted by Gasteiger charge is -2.17. The Hall–Kier alpha value is -4.06. The molecular formula is C27H23N5O4S2. The highest BCUT2D eigenvalue weighted by molar-refractivity contribution is 7.98. The van der Waals surface area contributed by atoms with E-state index >= 15 is 0 Å². The number of aromatic nitrogens is 3. The molecule has 0 bridgehead atoms. The number of nitro benzene ring substituents is 1. The van der Waals surface area contributed by atoms with E-state index in [1.54, 1.807) is 47.9 Å². The van der Waals surface area contributed by atoms with E-state index in [9.17, 15) is 18.5 Å². The molecule has 38 heavy (non-hydrogen) atoms. The maximum Gasteiger partial charge on any atom is 0.269 e. The van der Waals surface area contributed by atoms with E-state index in [1.165, 1.54) is 23.9 Å². The van der Waals surface area contributed by atoms with E-state index in [0.29, 0.717) is 27.8 Å². The number of non-ortho nitro benzene ring substituents is 1. The van der Waals surface area contributed by atoms with Gasteiger partial charge in [0, 0.05) is 29.0 Å². The van der Waals surface area contributed by atoms with Gasteiger partial charge < -0.3 is 0 Å². The molecule has 0 aliphatic rings. The predicted molar refractivity (Wildman–Crippen MR) is 147 cm³/mol. The van der Waals surface area contributed by atoms with Crippen LogP contribution in [0.5, 0.6) is 0 Å². The van der Waals surface area contributed by atoms with Crippen LogP contribution in [0.3, 0.4) is 0 Å². The number of fused-ring (bicyclic) bond motifs is 1. The van der Waals surface area contributed by atoms with Gasteiger partial charge in [0.15, 0.2) is 11.0 Å². The van der Waals surface area contributed by atoms with E-state index in [1.807, 2.05) is 48.5 Å². The lowest BCUT2D eigenvalue weighted by Crippen LogP contribution is -2.29.